The van der Waals surface area contributed by atoms with Crippen molar-refractivity contribution < 1.29 is 4.74 Å². The highest BCUT2D eigenvalue weighted by atomic mass is 16.5. The van der Waals surface area contributed by atoms with Gasteiger partial charge in [0.05, 0.1) is 18.1 Å². The molecule has 2 aromatic heterocycles. The third-order valence-corrected chi connectivity index (χ3v) is 4.63. The SMILES string of the molecule is COc1cc(C)c2[nH]ccc2c1C(C)(N)c1nc2ccccc2[nH]1. The molecule has 0 radical (unpaired) electrons. The van der Waals surface area contributed by atoms with E-state index in [-0.39, 0.29) is 0 Å². The number of hydrogen-bond donors (Lipinski definition) is 3. The maximum atomic E-state index is 6.79. The zero-order chi connectivity index (χ0) is 16.9. The smallest absolute Gasteiger partial charge is 0.131 e. The first-order valence-corrected chi connectivity index (χ1v) is 7.91. The van der Waals surface area contributed by atoms with Crippen molar-refractivity contribution in [2.45, 2.75) is 19.4 Å². The van der Waals surface area contributed by atoms with Crippen molar-refractivity contribution in [3.8, 4) is 5.75 Å². The number of rotatable bonds is 3. The number of ether oxygens (including phenoxy) is 1. The Morgan fingerprint density at radius 1 is 1.21 bits per heavy atom. The van der Waals surface area contributed by atoms with Gasteiger partial charge in [0, 0.05) is 22.7 Å². The lowest BCUT2D eigenvalue weighted by Gasteiger charge is -2.26. The fourth-order valence-corrected chi connectivity index (χ4v) is 3.39. The standard InChI is InChI=1S/C19H20N4O/c1-11-10-15(24-3)16(12-8-9-21-17(11)12)19(2,20)18-22-13-6-4-5-7-14(13)23-18/h4-10,21H,20H2,1-3H3,(H,22,23). The van der Waals surface area contributed by atoms with E-state index in [0.29, 0.717) is 5.82 Å². The summed E-state index contributed by atoms with van der Waals surface area (Å²) in [5, 5.41) is 1.05. The van der Waals surface area contributed by atoms with Crippen molar-refractivity contribution >= 4 is 21.9 Å². The molecule has 0 aliphatic carbocycles. The van der Waals surface area contributed by atoms with Gasteiger partial charge in [-0.05, 0) is 43.7 Å². The Hall–Kier alpha value is -2.79. The number of para-hydroxylation sites is 2. The van der Waals surface area contributed by atoms with Crippen LogP contribution in [0.3, 0.4) is 0 Å². The number of aryl methyl sites for hydroxylation is 1. The molecule has 122 valence electrons. The van der Waals surface area contributed by atoms with Gasteiger partial charge < -0.3 is 20.4 Å². The molecule has 2 heterocycles. The number of nitrogens with one attached hydrogen (secondary N) is 2. The molecule has 1 atom stereocenters. The number of H-pyrrole nitrogens is 2. The van der Waals surface area contributed by atoms with Gasteiger partial charge in [0.15, 0.2) is 0 Å². The first-order chi connectivity index (χ1) is 11.5. The van der Waals surface area contributed by atoms with Gasteiger partial charge in [0.2, 0.25) is 0 Å². The Morgan fingerprint density at radius 2 is 2.00 bits per heavy atom. The molecule has 0 saturated heterocycles. The number of hydrogen-bond acceptors (Lipinski definition) is 3. The van der Waals surface area contributed by atoms with Gasteiger partial charge in [-0.15, -0.1) is 0 Å². The Morgan fingerprint density at radius 3 is 2.75 bits per heavy atom. The fraction of sp³-hybridized carbons (Fsp3) is 0.211. The molecule has 4 rings (SSSR count). The first kappa shape index (κ1) is 14.8. The summed E-state index contributed by atoms with van der Waals surface area (Å²) in [5.41, 5.74) is 11.0. The molecule has 24 heavy (non-hydrogen) atoms. The lowest BCUT2D eigenvalue weighted by Crippen LogP contribution is -2.36. The highest BCUT2D eigenvalue weighted by molar-refractivity contribution is 5.89. The summed E-state index contributed by atoms with van der Waals surface area (Å²) < 4.78 is 5.65. The fourth-order valence-electron chi connectivity index (χ4n) is 3.39. The summed E-state index contributed by atoms with van der Waals surface area (Å²) in [6, 6.07) is 12.0. The van der Waals surface area contributed by atoms with E-state index in [0.717, 1.165) is 38.8 Å². The minimum absolute atomic E-state index is 0.716. The van der Waals surface area contributed by atoms with E-state index in [1.165, 1.54) is 0 Å². The van der Waals surface area contributed by atoms with Gasteiger partial charge in [-0.3, -0.25) is 0 Å². The molecule has 5 nitrogen and oxygen atoms in total. The maximum Gasteiger partial charge on any atom is 0.131 e. The predicted molar refractivity (Wildman–Crippen MR) is 96.3 cm³/mol. The Labute approximate surface area is 139 Å². The summed E-state index contributed by atoms with van der Waals surface area (Å²) in [6.45, 7) is 4.02. The van der Waals surface area contributed by atoms with Crippen LogP contribution in [0.15, 0.2) is 42.6 Å². The first-order valence-electron chi connectivity index (χ1n) is 7.91. The van der Waals surface area contributed by atoms with Gasteiger partial charge in [0.25, 0.3) is 0 Å². The Kier molecular flexibility index (Phi) is 3.15. The molecule has 0 aliphatic rings. The second kappa shape index (κ2) is 5.11. The molecule has 1 unspecified atom stereocenters. The number of nitrogens with zero attached hydrogens (tertiary/aromatic N) is 1. The molecule has 0 aliphatic heterocycles. The lowest BCUT2D eigenvalue weighted by molar-refractivity contribution is 0.398. The van der Waals surface area contributed by atoms with E-state index in [2.05, 4.69) is 16.9 Å². The van der Waals surface area contributed by atoms with Gasteiger partial charge in [-0.25, -0.2) is 4.98 Å². The number of nitrogens with two attached hydrogens (primary N) is 1. The monoisotopic (exact) mass is 320 g/mol. The van der Waals surface area contributed by atoms with Crippen LogP contribution in [0.2, 0.25) is 0 Å². The van der Waals surface area contributed by atoms with Gasteiger partial charge >= 0.3 is 0 Å². The normalized spacial score (nSPS) is 14.2. The molecule has 0 bridgehead atoms. The Balaban J connectivity index is 2.01. The van der Waals surface area contributed by atoms with Crippen LogP contribution in [0.25, 0.3) is 21.9 Å². The van der Waals surface area contributed by atoms with Crippen LogP contribution in [-0.2, 0) is 5.54 Å². The number of imidazole rings is 1. The van der Waals surface area contributed by atoms with E-state index < -0.39 is 5.54 Å². The van der Waals surface area contributed by atoms with E-state index in [9.17, 15) is 0 Å². The van der Waals surface area contributed by atoms with E-state index in [1.54, 1.807) is 7.11 Å². The molecule has 0 saturated carbocycles. The third kappa shape index (κ3) is 2.02. The van der Waals surface area contributed by atoms with Crippen LogP contribution in [0, 0.1) is 6.92 Å². The molecular weight excluding hydrogens is 300 g/mol. The van der Waals surface area contributed by atoms with E-state index in [1.807, 2.05) is 49.5 Å². The summed E-state index contributed by atoms with van der Waals surface area (Å²) in [4.78, 5) is 11.3. The summed E-state index contributed by atoms with van der Waals surface area (Å²) in [5.74, 6) is 1.48. The molecule has 2 aromatic carbocycles. The van der Waals surface area contributed by atoms with Crippen LogP contribution in [0.4, 0.5) is 0 Å². The highest BCUT2D eigenvalue weighted by Gasteiger charge is 2.33. The molecular formula is C19H20N4O. The number of aromatic amines is 2. The largest absolute Gasteiger partial charge is 0.496 e. The Bertz CT molecular complexity index is 1010. The van der Waals surface area contributed by atoms with Crippen molar-refractivity contribution in [3.63, 3.8) is 0 Å². The van der Waals surface area contributed by atoms with Gasteiger partial charge in [-0.1, -0.05) is 12.1 Å². The predicted octanol–water partition coefficient (Wildman–Crippen LogP) is 3.58. The van der Waals surface area contributed by atoms with Gasteiger partial charge in [0.1, 0.15) is 17.1 Å². The van der Waals surface area contributed by atoms with Crippen molar-refractivity contribution in [2.24, 2.45) is 5.73 Å². The topological polar surface area (TPSA) is 79.7 Å². The second-order valence-corrected chi connectivity index (χ2v) is 6.34. The summed E-state index contributed by atoms with van der Waals surface area (Å²) in [6.07, 6.45) is 1.93. The van der Waals surface area contributed by atoms with Crippen molar-refractivity contribution in [1.82, 2.24) is 15.0 Å². The zero-order valence-corrected chi connectivity index (χ0v) is 14.0. The van der Waals surface area contributed by atoms with Crippen molar-refractivity contribution in [1.29, 1.82) is 0 Å². The number of fused-ring (bicyclic) bond motifs is 2. The minimum Gasteiger partial charge on any atom is -0.496 e. The third-order valence-electron chi connectivity index (χ3n) is 4.63. The van der Waals surface area contributed by atoms with Crippen LogP contribution in [-0.4, -0.2) is 22.1 Å². The van der Waals surface area contributed by atoms with Gasteiger partial charge in [-0.2, -0.15) is 0 Å². The van der Waals surface area contributed by atoms with E-state index >= 15 is 0 Å². The molecule has 0 spiro atoms. The van der Waals surface area contributed by atoms with Crippen LogP contribution >= 0.6 is 0 Å². The van der Waals surface area contributed by atoms with Crippen molar-refractivity contribution in [3.05, 3.63) is 59.5 Å². The van der Waals surface area contributed by atoms with Crippen LogP contribution in [0.5, 0.6) is 5.75 Å². The average Bonchev–Trinajstić information content (AvgIpc) is 3.21. The lowest BCUT2D eigenvalue weighted by atomic mass is 9.87. The number of aromatic nitrogens is 3. The summed E-state index contributed by atoms with van der Waals surface area (Å²) >= 11 is 0. The van der Waals surface area contributed by atoms with E-state index in [4.69, 9.17) is 15.5 Å². The van der Waals surface area contributed by atoms with Crippen LogP contribution < -0.4 is 10.5 Å². The molecule has 0 amide bonds. The maximum absolute atomic E-state index is 6.79. The van der Waals surface area contributed by atoms with Crippen LogP contribution in [0.1, 0.15) is 23.9 Å². The second-order valence-electron chi connectivity index (χ2n) is 6.34. The summed E-state index contributed by atoms with van der Waals surface area (Å²) in [7, 11) is 1.67. The molecule has 4 N–H and O–H groups in total. The minimum atomic E-state index is -0.821. The molecule has 0 fully saturated rings. The number of methoxy groups -OCH3 is 1. The zero-order valence-electron chi connectivity index (χ0n) is 14.0. The molecule has 4 aromatic rings. The highest BCUT2D eigenvalue weighted by Crippen LogP contribution is 2.39. The van der Waals surface area contributed by atoms with Crippen molar-refractivity contribution in [2.75, 3.05) is 7.11 Å². The molecule has 5 heteroatoms. The average molecular weight is 320 g/mol. The quantitative estimate of drug-likeness (QED) is 0.540. The number of benzene rings is 2.